The number of benzene rings is 1. The van der Waals surface area contributed by atoms with Gasteiger partial charge in [-0.2, -0.15) is 17.5 Å². The summed E-state index contributed by atoms with van der Waals surface area (Å²) in [7, 11) is -4.79. The van der Waals surface area contributed by atoms with Crippen LogP contribution in [0.2, 0.25) is 0 Å². The standard InChI is InChI=1S/C12H13F6NO2S/c1-2-5-19(7-11(14)15)22(20,21)10-6-8(12(16,17)18)3-4-9(10)13/h3-4,6,11H,2,5,7H2,1H3. The quantitative estimate of drug-likeness (QED) is 0.737. The minimum Gasteiger partial charge on any atom is -0.209 e. The van der Waals surface area contributed by atoms with Crippen molar-refractivity contribution in [1.29, 1.82) is 0 Å². The van der Waals surface area contributed by atoms with Crippen LogP contribution in [0, 0.1) is 5.82 Å². The number of alkyl halides is 5. The van der Waals surface area contributed by atoms with Crippen LogP contribution in [0.3, 0.4) is 0 Å². The third kappa shape index (κ3) is 4.35. The summed E-state index contributed by atoms with van der Waals surface area (Å²) in [5, 5.41) is 0. The molecule has 0 aliphatic heterocycles. The molecule has 10 heteroatoms. The van der Waals surface area contributed by atoms with Crippen LogP contribution < -0.4 is 0 Å². The molecule has 22 heavy (non-hydrogen) atoms. The molecular weight excluding hydrogens is 336 g/mol. The minimum absolute atomic E-state index is 0.110. The van der Waals surface area contributed by atoms with Crippen molar-refractivity contribution in [2.24, 2.45) is 0 Å². The van der Waals surface area contributed by atoms with Crippen LogP contribution in [0.1, 0.15) is 18.9 Å². The Morgan fingerprint density at radius 2 is 1.82 bits per heavy atom. The zero-order valence-electron chi connectivity index (χ0n) is 11.4. The highest BCUT2D eigenvalue weighted by Crippen LogP contribution is 2.32. The molecule has 0 aromatic heterocycles. The molecule has 0 radical (unpaired) electrons. The van der Waals surface area contributed by atoms with Crippen molar-refractivity contribution in [3.05, 3.63) is 29.6 Å². The molecule has 0 saturated carbocycles. The smallest absolute Gasteiger partial charge is 0.209 e. The first-order valence-corrected chi connectivity index (χ1v) is 7.59. The Hall–Kier alpha value is -1.29. The summed E-state index contributed by atoms with van der Waals surface area (Å²) in [6.45, 7) is -0.0787. The highest BCUT2D eigenvalue weighted by atomic mass is 32.2. The highest BCUT2D eigenvalue weighted by molar-refractivity contribution is 7.89. The molecule has 0 bridgehead atoms. The lowest BCUT2D eigenvalue weighted by molar-refractivity contribution is -0.137. The molecule has 3 nitrogen and oxygen atoms in total. The normalized spacial score (nSPS) is 13.1. The van der Waals surface area contributed by atoms with Crippen LogP contribution >= 0.6 is 0 Å². The molecule has 1 aromatic carbocycles. The van der Waals surface area contributed by atoms with E-state index in [-0.39, 0.29) is 23.3 Å². The van der Waals surface area contributed by atoms with E-state index in [0.717, 1.165) is 0 Å². The Morgan fingerprint density at radius 3 is 2.27 bits per heavy atom. The van der Waals surface area contributed by atoms with Crippen LogP contribution in [0.4, 0.5) is 26.3 Å². The Balaban J connectivity index is 3.36. The van der Waals surface area contributed by atoms with Gasteiger partial charge in [-0.15, -0.1) is 0 Å². The number of hydrogen-bond donors (Lipinski definition) is 0. The average molecular weight is 349 g/mol. The molecular formula is C12H13F6NO2S. The minimum atomic E-state index is -4.88. The van der Waals surface area contributed by atoms with Gasteiger partial charge in [-0.3, -0.25) is 0 Å². The lowest BCUT2D eigenvalue weighted by Gasteiger charge is -2.22. The number of hydrogen-bond acceptors (Lipinski definition) is 2. The highest BCUT2D eigenvalue weighted by Gasteiger charge is 2.35. The predicted molar refractivity (Wildman–Crippen MR) is 66.5 cm³/mol. The number of rotatable bonds is 6. The molecule has 0 fully saturated rings. The zero-order valence-corrected chi connectivity index (χ0v) is 12.2. The SMILES string of the molecule is CCCN(CC(F)F)S(=O)(=O)c1cc(C(F)(F)F)ccc1F. The zero-order chi connectivity index (χ0) is 17.1. The molecule has 0 N–H and O–H groups in total. The summed E-state index contributed by atoms with van der Waals surface area (Å²) in [5.41, 5.74) is -1.37. The summed E-state index contributed by atoms with van der Waals surface area (Å²) in [6, 6.07) is 0.840. The van der Waals surface area contributed by atoms with Crippen molar-refractivity contribution in [3.8, 4) is 0 Å². The van der Waals surface area contributed by atoms with E-state index in [9.17, 15) is 34.8 Å². The van der Waals surface area contributed by atoms with Crippen LogP contribution in [0.5, 0.6) is 0 Å². The fraction of sp³-hybridized carbons (Fsp3) is 0.500. The first-order chi connectivity index (χ1) is 10.00. The van der Waals surface area contributed by atoms with Gasteiger partial charge < -0.3 is 0 Å². The maximum Gasteiger partial charge on any atom is 0.416 e. The third-order valence-electron chi connectivity index (χ3n) is 2.69. The molecule has 1 aromatic rings. The van der Waals surface area contributed by atoms with Gasteiger partial charge in [-0.25, -0.2) is 21.6 Å². The lowest BCUT2D eigenvalue weighted by atomic mass is 10.2. The van der Waals surface area contributed by atoms with Gasteiger partial charge in [0, 0.05) is 6.54 Å². The van der Waals surface area contributed by atoms with Crippen molar-refractivity contribution >= 4 is 10.0 Å². The van der Waals surface area contributed by atoms with Gasteiger partial charge in [-0.1, -0.05) is 6.92 Å². The first kappa shape index (κ1) is 18.8. The Bertz CT molecular complexity index is 615. The van der Waals surface area contributed by atoms with Crippen molar-refractivity contribution in [3.63, 3.8) is 0 Å². The Kier molecular flexibility index (Phi) is 5.85. The predicted octanol–water partition coefficient (Wildman–Crippen LogP) is 3.51. The van der Waals surface area contributed by atoms with Crippen LogP contribution in [0.15, 0.2) is 23.1 Å². The molecule has 0 saturated heterocycles. The van der Waals surface area contributed by atoms with Gasteiger partial charge in [0.15, 0.2) is 0 Å². The van der Waals surface area contributed by atoms with E-state index in [0.29, 0.717) is 12.1 Å². The van der Waals surface area contributed by atoms with Gasteiger partial charge in [-0.05, 0) is 24.6 Å². The monoisotopic (exact) mass is 349 g/mol. The van der Waals surface area contributed by atoms with Gasteiger partial charge in [0.1, 0.15) is 10.7 Å². The van der Waals surface area contributed by atoms with E-state index in [4.69, 9.17) is 0 Å². The first-order valence-electron chi connectivity index (χ1n) is 6.15. The summed E-state index contributed by atoms with van der Waals surface area (Å²) in [5.74, 6) is -1.43. The van der Waals surface area contributed by atoms with Crippen LogP contribution in [-0.4, -0.2) is 32.2 Å². The van der Waals surface area contributed by atoms with Crippen molar-refractivity contribution < 1.29 is 34.8 Å². The molecule has 0 aliphatic carbocycles. The van der Waals surface area contributed by atoms with E-state index in [1.54, 1.807) is 0 Å². The second-order valence-electron chi connectivity index (χ2n) is 4.40. The summed E-state index contributed by atoms with van der Waals surface area (Å²) in [4.78, 5) is -1.27. The maximum atomic E-state index is 13.6. The number of halogens is 6. The lowest BCUT2D eigenvalue weighted by Crippen LogP contribution is -2.36. The summed E-state index contributed by atoms with van der Waals surface area (Å²) >= 11 is 0. The molecule has 0 atom stereocenters. The van der Waals surface area contributed by atoms with Gasteiger partial charge in [0.25, 0.3) is 6.43 Å². The van der Waals surface area contributed by atoms with Gasteiger partial charge in [0.2, 0.25) is 10.0 Å². The second kappa shape index (κ2) is 6.86. The summed E-state index contributed by atoms with van der Waals surface area (Å²) < 4.78 is 101. The number of sulfonamides is 1. The molecule has 126 valence electrons. The van der Waals surface area contributed by atoms with E-state index >= 15 is 0 Å². The van der Waals surface area contributed by atoms with Crippen molar-refractivity contribution in [2.45, 2.75) is 30.8 Å². The van der Waals surface area contributed by atoms with Crippen molar-refractivity contribution in [1.82, 2.24) is 4.31 Å². The molecule has 1 rings (SSSR count). The molecule has 0 amide bonds. The topological polar surface area (TPSA) is 37.4 Å². The largest absolute Gasteiger partial charge is 0.416 e. The molecule has 0 unspecified atom stereocenters. The van der Waals surface area contributed by atoms with E-state index < -0.39 is 45.4 Å². The van der Waals surface area contributed by atoms with Gasteiger partial charge >= 0.3 is 6.18 Å². The second-order valence-corrected chi connectivity index (χ2v) is 6.30. The van der Waals surface area contributed by atoms with E-state index in [1.165, 1.54) is 6.92 Å². The average Bonchev–Trinajstić information content (AvgIpc) is 2.36. The Labute approximate surface area is 123 Å². The maximum absolute atomic E-state index is 13.6. The number of nitrogens with zero attached hydrogens (tertiary/aromatic N) is 1. The summed E-state index contributed by atoms with van der Waals surface area (Å²) in [6.07, 6.45) is -7.77. The van der Waals surface area contributed by atoms with E-state index in [2.05, 4.69) is 0 Å². The molecule has 0 spiro atoms. The molecule has 0 aliphatic rings. The van der Waals surface area contributed by atoms with Gasteiger partial charge in [0.05, 0.1) is 12.1 Å². The molecule has 0 heterocycles. The Morgan fingerprint density at radius 1 is 1.23 bits per heavy atom. The third-order valence-corrected chi connectivity index (χ3v) is 4.57. The fourth-order valence-electron chi connectivity index (χ4n) is 1.73. The van der Waals surface area contributed by atoms with E-state index in [1.807, 2.05) is 0 Å². The van der Waals surface area contributed by atoms with Crippen LogP contribution in [0.25, 0.3) is 0 Å². The fourth-order valence-corrected chi connectivity index (χ4v) is 3.33. The van der Waals surface area contributed by atoms with Crippen molar-refractivity contribution in [2.75, 3.05) is 13.1 Å². The van der Waals surface area contributed by atoms with Crippen LogP contribution in [-0.2, 0) is 16.2 Å².